The zero-order valence-electron chi connectivity index (χ0n) is 16.5. The van der Waals surface area contributed by atoms with Gasteiger partial charge in [-0.25, -0.2) is 4.68 Å². The first-order chi connectivity index (χ1) is 14.9. The standard InChI is InChI=1S/C22H19Cl2N5OS/c1-13(21(30)26-18-11-16(23)10-17(24)12-18)31-22-28-27-20(29(22)25)9-15-7-4-6-14-5-2-3-8-19(14)15/h2-8,10-13H,9,25H2,1H3,(H,26,30)/t13-/m1/s1. The van der Waals surface area contributed by atoms with Gasteiger partial charge in [0.1, 0.15) is 0 Å². The molecule has 3 N–H and O–H groups in total. The molecule has 0 fully saturated rings. The van der Waals surface area contributed by atoms with Crippen LogP contribution in [0.2, 0.25) is 10.0 Å². The van der Waals surface area contributed by atoms with Crippen LogP contribution in [0.3, 0.4) is 0 Å². The Kier molecular flexibility index (Phi) is 6.36. The van der Waals surface area contributed by atoms with Crippen molar-refractivity contribution in [3.8, 4) is 0 Å². The number of thioether (sulfide) groups is 1. The summed E-state index contributed by atoms with van der Waals surface area (Å²) in [6.07, 6.45) is 0.535. The maximum atomic E-state index is 12.6. The van der Waals surface area contributed by atoms with E-state index >= 15 is 0 Å². The smallest absolute Gasteiger partial charge is 0.237 e. The second kappa shape index (κ2) is 9.18. The van der Waals surface area contributed by atoms with Gasteiger partial charge in [-0.3, -0.25) is 4.79 Å². The number of hydrogen-bond donors (Lipinski definition) is 2. The molecule has 1 heterocycles. The fourth-order valence-corrected chi connectivity index (χ4v) is 4.52. The number of halogens is 2. The largest absolute Gasteiger partial charge is 0.336 e. The molecule has 0 aliphatic carbocycles. The van der Waals surface area contributed by atoms with Crippen LogP contribution >= 0.6 is 35.0 Å². The molecule has 0 unspecified atom stereocenters. The highest BCUT2D eigenvalue weighted by molar-refractivity contribution is 8.00. The maximum absolute atomic E-state index is 12.6. The molecule has 4 aromatic rings. The molecule has 9 heteroatoms. The van der Waals surface area contributed by atoms with Gasteiger partial charge in [0.25, 0.3) is 0 Å². The van der Waals surface area contributed by atoms with Gasteiger partial charge in [0.15, 0.2) is 5.82 Å². The van der Waals surface area contributed by atoms with Crippen LogP contribution in [0.1, 0.15) is 18.3 Å². The van der Waals surface area contributed by atoms with Gasteiger partial charge in [-0.1, -0.05) is 77.4 Å². The predicted molar refractivity (Wildman–Crippen MR) is 127 cm³/mol. The summed E-state index contributed by atoms with van der Waals surface area (Å²) in [4.78, 5) is 12.6. The average molecular weight is 472 g/mol. The van der Waals surface area contributed by atoms with Crippen LogP contribution in [0.25, 0.3) is 10.8 Å². The summed E-state index contributed by atoms with van der Waals surface area (Å²) >= 11 is 13.2. The number of hydrogen-bond acceptors (Lipinski definition) is 5. The number of nitrogens with zero attached hydrogens (tertiary/aromatic N) is 3. The van der Waals surface area contributed by atoms with Crippen molar-refractivity contribution in [1.29, 1.82) is 0 Å². The Balaban J connectivity index is 1.47. The number of nitrogens with two attached hydrogens (primary N) is 1. The Bertz CT molecular complexity index is 1230. The summed E-state index contributed by atoms with van der Waals surface area (Å²) in [5, 5.41) is 14.4. The first kappa shape index (κ1) is 21.5. The van der Waals surface area contributed by atoms with E-state index in [-0.39, 0.29) is 5.91 Å². The lowest BCUT2D eigenvalue weighted by Crippen LogP contribution is -2.24. The van der Waals surface area contributed by atoms with E-state index in [1.54, 1.807) is 25.1 Å². The van der Waals surface area contributed by atoms with Crippen LogP contribution in [-0.2, 0) is 11.2 Å². The molecule has 0 bridgehead atoms. The first-order valence-corrected chi connectivity index (χ1v) is 11.1. The van der Waals surface area contributed by atoms with E-state index in [2.05, 4.69) is 39.8 Å². The molecule has 31 heavy (non-hydrogen) atoms. The lowest BCUT2D eigenvalue weighted by atomic mass is 10.0. The molecule has 158 valence electrons. The molecule has 0 aliphatic rings. The third kappa shape index (κ3) is 4.95. The Morgan fingerprint density at radius 1 is 1.10 bits per heavy atom. The summed E-state index contributed by atoms with van der Waals surface area (Å²) in [6.45, 7) is 1.77. The van der Waals surface area contributed by atoms with Crippen molar-refractivity contribution >= 4 is 57.3 Å². The van der Waals surface area contributed by atoms with Gasteiger partial charge in [0.2, 0.25) is 11.1 Å². The Labute approximate surface area is 193 Å². The Morgan fingerprint density at radius 2 is 1.81 bits per heavy atom. The normalized spacial score (nSPS) is 12.1. The van der Waals surface area contributed by atoms with Gasteiger partial charge >= 0.3 is 0 Å². The molecule has 1 aromatic heterocycles. The van der Waals surface area contributed by atoms with Gasteiger partial charge in [-0.2, -0.15) is 0 Å². The van der Waals surface area contributed by atoms with E-state index in [0.717, 1.165) is 16.3 Å². The van der Waals surface area contributed by atoms with Crippen LogP contribution in [-0.4, -0.2) is 26.0 Å². The third-order valence-electron chi connectivity index (χ3n) is 4.75. The number of rotatable bonds is 6. The van der Waals surface area contributed by atoms with Gasteiger partial charge in [0.05, 0.1) is 5.25 Å². The number of nitrogen functional groups attached to an aromatic ring is 1. The molecule has 0 spiro atoms. The number of carbonyl (C=O) groups is 1. The number of anilines is 1. The predicted octanol–water partition coefficient (Wildman–Crippen LogP) is 5.16. The average Bonchev–Trinajstić information content (AvgIpc) is 3.07. The van der Waals surface area contributed by atoms with E-state index in [1.165, 1.54) is 16.4 Å². The number of carbonyl (C=O) groups excluding carboxylic acids is 1. The molecule has 4 rings (SSSR count). The van der Waals surface area contributed by atoms with Crippen molar-refractivity contribution < 1.29 is 4.79 Å². The van der Waals surface area contributed by atoms with E-state index in [0.29, 0.717) is 33.1 Å². The minimum atomic E-state index is -0.463. The van der Waals surface area contributed by atoms with Crippen LogP contribution in [0.5, 0.6) is 0 Å². The second-order valence-electron chi connectivity index (χ2n) is 6.99. The minimum Gasteiger partial charge on any atom is -0.336 e. The molecule has 0 aliphatic heterocycles. The van der Waals surface area contributed by atoms with Gasteiger partial charge < -0.3 is 11.2 Å². The molecular weight excluding hydrogens is 453 g/mol. The van der Waals surface area contributed by atoms with Gasteiger partial charge in [-0.15, -0.1) is 10.2 Å². The zero-order chi connectivity index (χ0) is 22.0. The minimum absolute atomic E-state index is 0.220. The highest BCUT2D eigenvalue weighted by Crippen LogP contribution is 2.26. The SMILES string of the molecule is C[C@@H](Sc1nnc(Cc2cccc3ccccc23)n1N)C(=O)Nc1cc(Cl)cc(Cl)c1. The summed E-state index contributed by atoms with van der Waals surface area (Å²) in [6, 6.07) is 19.2. The Morgan fingerprint density at radius 3 is 2.58 bits per heavy atom. The molecule has 1 amide bonds. The topological polar surface area (TPSA) is 85.8 Å². The Hall–Kier alpha value is -2.74. The molecule has 3 aromatic carbocycles. The number of fused-ring (bicyclic) bond motifs is 1. The molecule has 0 saturated carbocycles. The summed E-state index contributed by atoms with van der Waals surface area (Å²) in [5.41, 5.74) is 1.64. The molecule has 6 nitrogen and oxygen atoms in total. The van der Waals surface area contributed by atoms with E-state index in [4.69, 9.17) is 29.0 Å². The molecule has 0 saturated heterocycles. The highest BCUT2D eigenvalue weighted by atomic mass is 35.5. The monoisotopic (exact) mass is 471 g/mol. The third-order valence-corrected chi connectivity index (χ3v) is 6.24. The lowest BCUT2D eigenvalue weighted by Gasteiger charge is -2.12. The molecular formula is C22H19Cl2N5OS. The first-order valence-electron chi connectivity index (χ1n) is 9.50. The van der Waals surface area contributed by atoms with Crippen molar-refractivity contribution in [2.24, 2.45) is 0 Å². The summed E-state index contributed by atoms with van der Waals surface area (Å²) in [5.74, 6) is 6.64. The van der Waals surface area contributed by atoms with Crippen LogP contribution < -0.4 is 11.2 Å². The van der Waals surface area contributed by atoms with Gasteiger partial charge in [0, 0.05) is 22.2 Å². The van der Waals surface area contributed by atoms with Crippen molar-refractivity contribution in [3.05, 3.63) is 82.1 Å². The van der Waals surface area contributed by atoms with Gasteiger partial charge in [-0.05, 0) is 41.5 Å². The number of benzene rings is 3. The fraction of sp³-hybridized carbons (Fsp3) is 0.136. The van der Waals surface area contributed by atoms with Crippen LogP contribution in [0.4, 0.5) is 5.69 Å². The number of amides is 1. The van der Waals surface area contributed by atoms with Crippen molar-refractivity contribution in [2.45, 2.75) is 23.8 Å². The van der Waals surface area contributed by atoms with E-state index in [9.17, 15) is 4.79 Å². The fourth-order valence-electron chi connectivity index (χ4n) is 3.21. The quantitative estimate of drug-likeness (QED) is 0.299. The van der Waals surface area contributed by atoms with Crippen LogP contribution in [0.15, 0.2) is 65.8 Å². The number of nitrogens with one attached hydrogen (secondary N) is 1. The van der Waals surface area contributed by atoms with Crippen LogP contribution in [0, 0.1) is 0 Å². The maximum Gasteiger partial charge on any atom is 0.237 e. The molecule has 0 radical (unpaired) electrons. The highest BCUT2D eigenvalue weighted by Gasteiger charge is 2.20. The van der Waals surface area contributed by atoms with Crippen molar-refractivity contribution in [2.75, 3.05) is 11.2 Å². The summed E-state index contributed by atoms with van der Waals surface area (Å²) in [7, 11) is 0. The second-order valence-corrected chi connectivity index (χ2v) is 9.17. The summed E-state index contributed by atoms with van der Waals surface area (Å²) < 4.78 is 1.44. The van der Waals surface area contributed by atoms with Crippen molar-refractivity contribution in [3.63, 3.8) is 0 Å². The lowest BCUT2D eigenvalue weighted by molar-refractivity contribution is -0.115. The van der Waals surface area contributed by atoms with Crippen molar-refractivity contribution in [1.82, 2.24) is 14.9 Å². The zero-order valence-corrected chi connectivity index (χ0v) is 18.9. The van der Waals surface area contributed by atoms with E-state index in [1.807, 2.05) is 18.2 Å². The molecule has 1 atom stereocenters. The van der Waals surface area contributed by atoms with E-state index < -0.39 is 5.25 Å². The number of aromatic nitrogens is 3.